The summed E-state index contributed by atoms with van der Waals surface area (Å²) in [5, 5.41) is 59.5. The van der Waals surface area contributed by atoms with Gasteiger partial charge in [0.05, 0.1) is 53.8 Å². The Morgan fingerprint density at radius 2 is 0.875 bits per heavy atom. The number of aryl methyl sites for hydroxylation is 8. The maximum absolute atomic E-state index is 3.81. The first-order valence-electron chi connectivity index (χ1n) is 15.7. The van der Waals surface area contributed by atoms with Gasteiger partial charge in [-0.2, -0.15) is 15.3 Å². The first-order valence-corrected chi connectivity index (χ1v) is 15.7. The van der Waals surface area contributed by atoms with Crippen LogP contribution in [0.1, 0.15) is 46.1 Å². The van der Waals surface area contributed by atoms with E-state index in [2.05, 4.69) is 132 Å². The highest BCUT2D eigenvalue weighted by Gasteiger charge is 1.81. The Hall–Kier alpha value is -8.06. The summed E-state index contributed by atoms with van der Waals surface area (Å²) in [5.74, 6) is 2.83. The predicted octanol–water partition coefficient (Wildman–Crippen LogP) is 0.230. The molecule has 0 radical (unpaired) electrons. The molecular weight excluding hydrogens is 725 g/mol. The van der Waals surface area contributed by atoms with Crippen molar-refractivity contribution in [2.24, 2.45) is 0 Å². The van der Waals surface area contributed by atoms with Crippen LogP contribution in [0.25, 0.3) is 0 Å². The fraction of sp³-hybridized carbons (Fsp3) is 0.267. The molecule has 8 aromatic rings. The van der Waals surface area contributed by atoms with Gasteiger partial charge >= 0.3 is 0 Å². The summed E-state index contributed by atoms with van der Waals surface area (Å²) in [4.78, 5) is 33.6. The molecule has 0 aromatic carbocycles. The summed E-state index contributed by atoms with van der Waals surface area (Å²) in [6, 6.07) is 1.80. The molecule has 0 aliphatic rings. The van der Waals surface area contributed by atoms with Gasteiger partial charge in [-0.25, -0.2) is 44.9 Å². The third kappa shape index (κ3) is 29.6. The zero-order valence-electron chi connectivity index (χ0n) is 31.7. The van der Waals surface area contributed by atoms with E-state index in [-0.39, 0.29) is 0 Å². The molecule has 0 N–H and O–H groups in total. The third-order valence-electron chi connectivity index (χ3n) is 4.74. The molecule has 0 saturated carbocycles. The molecule has 0 amide bonds. The van der Waals surface area contributed by atoms with E-state index in [0.717, 1.165) is 34.4 Å². The molecule has 0 aliphatic carbocycles. The van der Waals surface area contributed by atoms with E-state index in [1.165, 1.54) is 44.3 Å². The molecule has 56 heavy (non-hydrogen) atoms. The van der Waals surface area contributed by atoms with Crippen LogP contribution in [0.3, 0.4) is 0 Å². The van der Waals surface area contributed by atoms with Gasteiger partial charge in [-0.05, 0) is 77.1 Å². The van der Waals surface area contributed by atoms with E-state index in [1.807, 2.05) is 41.5 Å². The number of hydrogen-bond acceptors (Lipinski definition) is 26. The zero-order chi connectivity index (χ0) is 40.9. The molecule has 0 aliphatic heterocycles. The second-order valence-corrected chi connectivity index (χ2v) is 9.58. The third-order valence-corrected chi connectivity index (χ3v) is 4.74. The summed E-state index contributed by atoms with van der Waals surface area (Å²) in [6.07, 6.45) is 19.6. The highest BCUT2D eigenvalue weighted by molar-refractivity contribution is 4.89. The summed E-state index contributed by atoms with van der Waals surface area (Å²) < 4.78 is 0. The SMILES string of the molecule is Cc1ccnnn1.Cc1cncnn1.Cc1cnncn1.Cc1cnnnn1.Cc1nccnn1.Cc1ncncn1.Cc1ncncn1.Cc1nncnn1. The average molecular weight is 763 g/mol. The van der Waals surface area contributed by atoms with E-state index >= 15 is 0 Å². The number of hydrogen-bond donors (Lipinski definition) is 0. The van der Waals surface area contributed by atoms with Crippen molar-refractivity contribution in [3.8, 4) is 0 Å². The van der Waals surface area contributed by atoms with E-state index < -0.39 is 0 Å². The molecule has 26 heteroatoms. The molecule has 0 atom stereocenters. The number of nitrogens with zero attached hydrogens (tertiary/aromatic N) is 26. The second kappa shape index (κ2) is 31.7. The van der Waals surface area contributed by atoms with Crippen molar-refractivity contribution in [3.05, 3.63) is 134 Å². The van der Waals surface area contributed by atoms with Crippen molar-refractivity contribution >= 4 is 0 Å². The van der Waals surface area contributed by atoms with E-state index in [9.17, 15) is 0 Å². The highest BCUT2D eigenvalue weighted by Crippen LogP contribution is 1.81. The van der Waals surface area contributed by atoms with Crippen molar-refractivity contribution in [2.45, 2.75) is 55.4 Å². The Labute approximate surface area is 320 Å². The average Bonchev–Trinajstić information content (AvgIpc) is 3.22. The Bertz CT molecular complexity index is 1550. The van der Waals surface area contributed by atoms with E-state index in [1.54, 1.807) is 57.1 Å². The molecule has 26 nitrogen and oxygen atoms in total. The Balaban J connectivity index is 0.000000320. The van der Waals surface area contributed by atoms with Crippen LogP contribution in [0.2, 0.25) is 0 Å². The van der Waals surface area contributed by atoms with Gasteiger partial charge in [0.2, 0.25) is 0 Å². The fourth-order valence-corrected chi connectivity index (χ4v) is 2.33. The quantitative estimate of drug-likeness (QED) is 0.199. The van der Waals surface area contributed by atoms with Gasteiger partial charge < -0.3 is 0 Å². The van der Waals surface area contributed by atoms with Crippen LogP contribution >= 0.6 is 0 Å². The lowest BCUT2D eigenvalue weighted by Gasteiger charge is -1.80. The predicted molar refractivity (Wildman–Crippen MR) is 192 cm³/mol. The largest absolute Gasteiger partial charge is 0.241 e. The summed E-state index contributed by atoms with van der Waals surface area (Å²) in [5.41, 5.74) is 3.43. The Morgan fingerprint density at radius 3 is 1.12 bits per heavy atom. The maximum Gasteiger partial charge on any atom is 0.170 e. The topological polar surface area (TPSA) is 335 Å². The minimum atomic E-state index is 0.600. The van der Waals surface area contributed by atoms with E-state index in [0.29, 0.717) is 11.6 Å². The first-order chi connectivity index (χ1) is 27.2. The minimum Gasteiger partial charge on any atom is -0.241 e. The van der Waals surface area contributed by atoms with Crippen LogP contribution < -0.4 is 0 Å². The van der Waals surface area contributed by atoms with Crippen LogP contribution in [0.5, 0.6) is 0 Å². The van der Waals surface area contributed by atoms with Gasteiger partial charge in [-0.3, -0.25) is 0 Å². The lowest BCUT2D eigenvalue weighted by atomic mass is 10.5. The molecule has 288 valence electrons. The molecule has 0 saturated heterocycles. The monoisotopic (exact) mass is 762 g/mol. The van der Waals surface area contributed by atoms with Crippen LogP contribution in [0, 0.1) is 55.4 Å². The van der Waals surface area contributed by atoms with Gasteiger partial charge in [-0.15, -0.1) is 56.1 Å². The van der Waals surface area contributed by atoms with Crippen LogP contribution in [0.4, 0.5) is 0 Å². The van der Waals surface area contributed by atoms with Gasteiger partial charge in [0.15, 0.2) is 12.2 Å². The van der Waals surface area contributed by atoms with Crippen molar-refractivity contribution in [1.29, 1.82) is 0 Å². The van der Waals surface area contributed by atoms with E-state index in [4.69, 9.17) is 0 Å². The fourth-order valence-electron chi connectivity index (χ4n) is 2.33. The Morgan fingerprint density at radius 1 is 0.286 bits per heavy atom. The van der Waals surface area contributed by atoms with Gasteiger partial charge in [0.1, 0.15) is 55.4 Å². The van der Waals surface area contributed by atoms with Crippen LogP contribution in [0.15, 0.2) is 87.5 Å². The lowest BCUT2D eigenvalue weighted by Crippen LogP contribution is -1.90. The maximum atomic E-state index is 3.81. The second-order valence-electron chi connectivity index (χ2n) is 9.58. The van der Waals surface area contributed by atoms with Gasteiger partial charge in [-0.1, -0.05) is 0 Å². The van der Waals surface area contributed by atoms with Crippen molar-refractivity contribution < 1.29 is 0 Å². The number of aromatic nitrogens is 26. The molecular formula is C30H38N26. The molecule has 0 bridgehead atoms. The highest BCUT2D eigenvalue weighted by atomic mass is 15.4. The molecule has 8 aromatic heterocycles. The normalized spacial score (nSPS) is 8.71. The first kappa shape index (κ1) is 46.0. The van der Waals surface area contributed by atoms with Crippen LogP contribution in [-0.2, 0) is 0 Å². The van der Waals surface area contributed by atoms with Gasteiger partial charge in [0.25, 0.3) is 0 Å². The smallest absolute Gasteiger partial charge is 0.170 e. The van der Waals surface area contributed by atoms with Crippen LogP contribution in [-0.4, -0.2) is 132 Å². The lowest BCUT2D eigenvalue weighted by molar-refractivity contribution is 0.742. The molecule has 8 heterocycles. The zero-order valence-corrected chi connectivity index (χ0v) is 31.7. The van der Waals surface area contributed by atoms with Crippen molar-refractivity contribution in [1.82, 2.24) is 132 Å². The molecule has 8 rings (SSSR count). The summed E-state index contributed by atoms with van der Waals surface area (Å²) >= 11 is 0. The van der Waals surface area contributed by atoms with Gasteiger partial charge in [0, 0.05) is 6.20 Å². The summed E-state index contributed by atoms with van der Waals surface area (Å²) in [6.45, 7) is 14.6. The molecule has 0 fully saturated rings. The van der Waals surface area contributed by atoms with Crippen molar-refractivity contribution in [2.75, 3.05) is 0 Å². The Kier molecular flexibility index (Phi) is 26.0. The molecule has 0 unspecified atom stereocenters. The number of rotatable bonds is 0. The standard InChI is InChI=1S/6C4H5N3.2C3H4N4/c2*1-4-6-2-5-3-7-4;1-4-2-6-7-3-5-4;1-4-2-5-3-6-7-4;1-4-5-2-3-6-7-4;1-4-2-3-5-7-6-4;1-3-6-4-2-5-7-3;1-3-2-4-6-7-5-3/h6*2-3H,1H3;2*2H,1H3. The van der Waals surface area contributed by atoms with Crippen molar-refractivity contribution in [3.63, 3.8) is 0 Å². The minimum absolute atomic E-state index is 0.600. The molecule has 0 spiro atoms. The summed E-state index contributed by atoms with van der Waals surface area (Å²) in [7, 11) is 0.